The van der Waals surface area contributed by atoms with Crippen LogP contribution in [0.2, 0.25) is 0 Å². The van der Waals surface area contributed by atoms with Crippen LogP contribution in [0.4, 0.5) is 0 Å². The second-order valence-corrected chi connectivity index (χ2v) is 14.3. The van der Waals surface area contributed by atoms with Crippen LogP contribution < -0.4 is 10.9 Å². The van der Waals surface area contributed by atoms with Crippen LogP contribution in [0.15, 0.2) is 52.3 Å². The number of rotatable bonds is 9. The van der Waals surface area contributed by atoms with E-state index in [1.807, 2.05) is 6.07 Å². The zero-order valence-electron chi connectivity index (χ0n) is 22.7. The van der Waals surface area contributed by atoms with E-state index in [-0.39, 0.29) is 29.2 Å². The Labute approximate surface area is 234 Å². The Hall–Kier alpha value is -2.82. The predicted molar refractivity (Wildman–Crippen MR) is 152 cm³/mol. The van der Waals surface area contributed by atoms with Crippen molar-refractivity contribution in [1.29, 1.82) is 0 Å². The molecular formula is C29H36N4O4S2. The lowest BCUT2D eigenvalue weighted by atomic mass is 10.0. The summed E-state index contributed by atoms with van der Waals surface area (Å²) in [6.45, 7) is 5.93. The molecule has 0 saturated heterocycles. The van der Waals surface area contributed by atoms with Gasteiger partial charge in [0.2, 0.25) is 0 Å². The van der Waals surface area contributed by atoms with Crippen molar-refractivity contribution in [2.24, 2.45) is 18.9 Å². The summed E-state index contributed by atoms with van der Waals surface area (Å²) in [4.78, 5) is 33.5. The van der Waals surface area contributed by atoms with E-state index in [1.165, 1.54) is 11.3 Å². The molecule has 1 amide bonds. The fraction of sp³-hybridized carbons (Fsp3) is 0.483. The summed E-state index contributed by atoms with van der Waals surface area (Å²) in [6.07, 6.45) is 6.01. The molecule has 3 aromatic rings. The lowest BCUT2D eigenvalue weighted by Crippen LogP contribution is -2.28. The smallest absolute Gasteiger partial charge is 0.280 e. The molecule has 39 heavy (non-hydrogen) atoms. The normalized spacial score (nSPS) is 18.1. The molecule has 10 heteroatoms. The molecule has 0 unspecified atom stereocenters. The van der Waals surface area contributed by atoms with Gasteiger partial charge in [0.1, 0.15) is 0 Å². The topological polar surface area (TPSA) is 101 Å². The average Bonchev–Trinajstić information content (AvgIpc) is 3.61. The van der Waals surface area contributed by atoms with Gasteiger partial charge in [-0.1, -0.05) is 38.8 Å². The van der Waals surface area contributed by atoms with Crippen LogP contribution in [0.1, 0.15) is 77.1 Å². The van der Waals surface area contributed by atoms with E-state index in [9.17, 15) is 18.0 Å². The minimum atomic E-state index is -3.29. The maximum absolute atomic E-state index is 13.0. The summed E-state index contributed by atoms with van der Waals surface area (Å²) in [7, 11) is -1.55. The summed E-state index contributed by atoms with van der Waals surface area (Å²) >= 11 is 1.42. The number of hydrogen-bond donors (Lipinski definition) is 1. The van der Waals surface area contributed by atoms with Crippen LogP contribution in [-0.2, 0) is 36.5 Å². The Morgan fingerprint density at radius 3 is 2.51 bits per heavy atom. The lowest BCUT2D eigenvalue weighted by Gasteiger charge is -2.27. The third-order valence-electron chi connectivity index (χ3n) is 7.79. The molecule has 1 saturated carbocycles. The van der Waals surface area contributed by atoms with Gasteiger partial charge in [-0.3, -0.25) is 14.5 Å². The first-order chi connectivity index (χ1) is 18.6. The van der Waals surface area contributed by atoms with E-state index in [2.05, 4.69) is 24.1 Å². The molecule has 1 aromatic carbocycles. The highest BCUT2D eigenvalue weighted by molar-refractivity contribution is 7.91. The Morgan fingerprint density at radius 2 is 1.85 bits per heavy atom. The van der Waals surface area contributed by atoms with Crippen LogP contribution in [0.3, 0.4) is 0 Å². The predicted octanol–water partition coefficient (Wildman–Crippen LogP) is 4.45. The number of carbonyl (C=O) groups is 1. The third kappa shape index (κ3) is 6.18. The fourth-order valence-electron chi connectivity index (χ4n) is 5.73. The number of fused-ring (bicyclic) bond motifs is 1. The molecule has 3 heterocycles. The first-order valence-electron chi connectivity index (χ1n) is 13.6. The zero-order valence-corrected chi connectivity index (χ0v) is 24.4. The average molecular weight is 569 g/mol. The number of thiazole rings is 1. The van der Waals surface area contributed by atoms with E-state index < -0.39 is 9.84 Å². The van der Waals surface area contributed by atoms with Crippen molar-refractivity contribution < 1.29 is 13.2 Å². The number of aromatic nitrogens is 2. The van der Waals surface area contributed by atoms with Crippen LogP contribution in [-0.4, -0.2) is 34.5 Å². The highest BCUT2D eigenvalue weighted by Crippen LogP contribution is 2.41. The molecule has 1 fully saturated rings. The van der Waals surface area contributed by atoms with Crippen molar-refractivity contribution in [3.05, 3.63) is 79.7 Å². The molecule has 2 aromatic heterocycles. The molecule has 1 N–H and O–H groups in total. The van der Waals surface area contributed by atoms with Crippen LogP contribution >= 0.6 is 11.3 Å². The van der Waals surface area contributed by atoms with Gasteiger partial charge in [-0.2, -0.15) is 0 Å². The van der Waals surface area contributed by atoms with Crippen LogP contribution in [0.5, 0.6) is 0 Å². The molecule has 208 valence electrons. The molecule has 0 bridgehead atoms. The number of nitrogens with one attached hydrogen (secondary N) is 1. The van der Waals surface area contributed by atoms with Crippen LogP contribution in [0.25, 0.3) is 0 Å². The van der Waals surface area contributed by atoms with Gasteiger partial charge in [-0.15, -0.1) is 11.3 Å². The van der Waals surface area contributed by atoms with Gasteiger partial charge in [0.05, 0.1) is 22.4 Å². The maximum Gasteiger partial charge on any atom is 0.280 e. The summed E-state index contributed by atoms with van der Waals surface area (Å²) in [6, 6.07) is 10.5. The Morgan fingerprint density at radius 1 is 1.13 bits per heavy atom. The van der Waals surface area contributed by atoms with Gasteiger partial charge >= 0.3 is 0 Å². The van der Waals surface area contributed by atoms with Gasteiger partial charge in [-0.25, -0.2) is 13.4 Å². The van der Waals surface area contributed by atoms with Crippen LogP contribution in [0, 0.1) is 11.8 Å². The van der Waals surface area contributed by atoms with Crippen molar-refractivity contribution in [2.45, 2.75) is 70.1 Å². The van der Waals surface area contributed by atoms with Crippen molar-refractivity contribution in [2.75, 3.05) is 5.75 Å². The Kier molecular flexibility index (Phi) is 8.07. The van der Waals surface area contributed by atoms with Gasteiger partial charge in [-0.05, 0) is 54.0 Å². The molecule has 0 spiro atoms. The third-order valence-corrected chi connectivity index (χ3v) is 10.7. The number of carbonyl (C=O) groups excluding carboxylic acids is 1. The highest BCUT2D eigenvalue weighted by Gasteiger charge is 2.36. The van der Waals surface area contributed by atoms with Gasteiger partial charge in [0.15, 0.2) is 14.8 Å². The van der Waals surface area contributed by atoms with Crippen molar-refractivity contribution in [3.8, 4) is 0 Å². The fourth-order valence-corrected chi connectivity index (χ4v) is 8.47. The quantitative estimate of drug-likeness (QED) is 0.409. The standard InChI is InChI=1S/C29H36N4O4S2/c1-19(2)27-26-24(17-33(27)16-22-12-13-32(3)25(34)14-22)38-29(31-26)28(35)30-15-20-8-10-23(11-9-20)39(36,37)18-21-6-4-5-7-21/h8-14,19,21,27H,4-7,15-18H2,1-3H3,(H,30,35)/t27-/m0/s1. The highest BCUT2D eigenvalue weighted by atomic mass is 32.2. The monoisotopic (exact) mass is 568 g/mol. The van der Waals surface area contributed by atoms with Gasteiger partial charge in [0, 0.05) is 43.8 Å². The largest absolute Gasteiger partial charge is 0.346 e. The second kappa shape index (κ2) is 11.3. The molecule has 8 nitrogen and oxygen atoms in total. The first kappa shape index (κ1) is 27.7. The van der Waals surface area contributed by atoms with Gasteiger partial charge in [0.25, 0.3) is 11.5 Å². The summed E-state index contributed by atoms with van der Waals surface area (Å²) in [5.74, 6) is 0.548. The summed E-state index contributed by atoms with van der Waals surface area (Å²) in [5, 5.41) is 3.38. The van der Waals surface area contributed by atoms with Crippen molar-refractivity contribution in [3.63, 3.8) is 0 Å². The number of amides is 1. The molecule has 5 rings (SSSR count). The summed E-state index contributed by atoms with van der Waals surface area (Å²) in [5.41, 5.74) is 2.72. The Balaban J connectivity index is 1.21. The zero-order chi connectivity index (χ0) is 27.7. The van der Waals surface area contributed by atoms with Gasteiger partial charge < -0.3 is 9.88 Å². The van der Waals surface area contributed by atoms with E-state index in [1.54, 1.807) is 48.1 Å². The minimum Gasteiger partial charge on any atom is -0.346 e. The number of pyridine rings is 1. The molecule has 1 atom stereocenters. The maximum atomic E-state index is 13.0. The van der Waals surface area contributed by atoms with E-state index in [4.69, 9.17) is 4.98 Å². The lowest BCUT2D eigenvalue weighted by molar-refractivity contribution is 0.0949. The molecule has 2 aliphatic rings. The van der Waals surface area contributed by atoms with Crippen molar-refractivity contribution in [1.82, 2.24) is 19.8 Å². The van der Waals surface area contributed by atoms with E-state index in [0.29, 0.717) is 35.5 Å². The number of aryl methyl sites for hydroxylation is 1. The second-order valence-electron chi connectivity index (χ2n) is 11.2. The first-order valence-corrected chi connectivity index (χ1v) is 16.1. The SMILES string of the molecule is CC(C)[C@H]1c2nc(C(=O)NCc3ccc(S(=O)(=O)CC4CCCC4)cc3)sc2CN1Cc1ccn(C)c(=O)c1. The minimum absolute atomic E-state index is 0.0278. The molecule has 1 aliphatic heterocycles. The molecule has 0 radical (unpaired) electrons. The van der Waals surface area contributed by atoms with E-state index >= 15 is 0 Å². The molecule has 1 aliphatic carbocycles. The number of benzene rings is 1. The number of nitrogens with zero attached hydrogens (tertiary/aromatic N) is 3. The van der Waals surface area contributed by atoms with E-state index in [0.717, 1.165) is 47.4 Å². The summed E-state index contributed by atoms with van der Waals surface area (Å²) < 4.78 is 27.1. The number of sulfone groups is 1. The molecular weight excluding hydrogens is 532 g/mol. The van der Waals surface area contributed by atoms with Crippen molar-refractivity contribution >= 4 is 27.1 Å². The number of hydrogen-bond acceptors (Lipinski definition) is 7. The Bertz CT molecular complexity index is 1500.